The molecular weight excluding hydrogens is 498 g/mol. The van der Waals surface area contributed by atoms with Crippen molar-refractivity contribution in [3.05, 3.63) is 96.1 Å². The molecule has 1 aromatic heterocycles. The third-order valence-corrected chi connectivity index (χ3v) is 7.07. The molecule has 5 rings (SSSR count). The van der Waals surface area contributed by atoms with Gasteiger partial charge in [-0.05, 0) is 30.9 Å². The lowest BCUT2D eigenvalue weighted by Gasteiger charge is -2.30. The van der Waals surface area contributed by atoms with Crippen LogP contribution >= 0.6 is 12.4 Å². The molecule has 1 aliphatic rings. The van der Waals surface area contributed by atoms with E-state index in [1.54, 1.807) is 0 Å². The Hall–Kier alpha value is -3.90. The highest BCUT2D eigenvalue weighted by Crippen LogP contribution is 2.40. The molecule has 2 atom stereocenters. The quantitative estimate of drug-likeness (QED) is 0.283. The van der Waals surface area contributed by atoms with Crippen LogP contribution in [-0.2, 0) is 9.53 Å². The van der Waals surface area contributed by atoms with Gasteiger partial charge >= 0.3 is 5.97 Å². The number of halogens is 1. The van der Waals surface area contributed by atoms with E-state index in [9.17, 15) is 9.59 Å². The van der Waals surface area contributed by atoms with Crippen molar-refractivity contribution in [2.24, 2.45) is 0 Å². The zero-order valence-corrected chi connectivity index (χ0v) is 22.4. The molecule has 1 fully saturated rings. The fourth-order valence-corrected chi connectivity index (χ4v) is 5.26. The van der Waals surface area contributed by atoms with Crippen molar-refractivity contribution >= 4 is 40.9 Å². The van der Waals surface area contributed by atoms with Crippen molar-refractivity contribution in [2.45, 2.75) is 38.3 Å². The van der Waals surface area contributed by atoms with E-state index in [1.165, 1.54) is 7.11 Å². The number of nitrogens with zero attached hydrogens (tertiary/aromatic N) is 2. The van der Waals surface area contributed by atoms with Crippen molar-refractivity contribution in [3.8, 4) is 11.3 Å². The molecule has 7 heteroatoms. The van der Waals surface area contributed by atoms with Crippen LogP contribution < -0.4 is 10.2 Å². The number of pyridine rings is 1. The lowest BCUT2D eigenvalue weighted by Crippen LogP contribution is -2.39. The first-order valence-electron chi connectivity index (χ1n) is 12.8. The zero-order chi connectivity index (χ0) is 25.8. The van der Waals surface area contributed by atoms with Crippen LogP contribution in [0.2, 0.25) is 0 Å². The maximum atomic E-state index is 14.2. The largest absolute Gasteiger partial charge is 0.467 e. The van der Waals surface area contributed by atoms with Gasteiger partial charge in [-0.25, -0.2) is 9.78 Å². The predicted octanol–water partition coefficient (Wildman–Crippen LogP) is 6.35. The van der Waals surface area contributed by atoms with Gasteiger partial charge in [-0.15, -0.1) is 12.4 Å². The minimum absolute atomic E-state index is 0. The van der Waals surface area contributed by atoms with Crippen molar-refractivity contribution in [2.75, 3.05) is 18.6 Å². The Kier molecular flexibility index (Phi) is 8.64. The van der Waals surface area contributed by atoms with E-state index >= 15 is 0 Å². The highest BCUT2D eigenvalue weighted by Gasteiger charge is 2.37. The number of methoxy groups -OCH3 is 1. The molecule has 0 saturated carbocycles. The summed E-state index contributed by atoms with van der Waals surface area (Å²) in [5.74, 6) is -0.483. The van der Waals surface area contributed by atoms with Gasteiger partial charge in [0.2, 0.25) is 0 Å². The fraction of sp³-hybridized carbons (Fsp3) is 0.258. The molecule has 1 aliphatic heterocycles. The van der Waals surface area contributed by atoms with Crippen LogP contribution in [0.15, 0.2) is 84.9 Å². The number of carbonyl (C=O) groups is 2. The monoisotopic (exact) mass is 529 g/mol. The van der Waals surface area contributed by atoms with Crippen LogP contribution in [0.25, 0.3) is 22.2 Å². The molecular formula is C31H32ClN3O3. The lowest BCUT2D eigenvalue weighted by atomic mass is 9.97. The second-order valence-corrected chi connectivity index (χ2v) is 9.29. The maximum Gasteiger partial charge on any atom is 0.328 e. The maximum absolute atomic E-state index is 14.2. The van der Waals surface area contributed by atoms with Crippen LogP contribution in [0.4, 0.5) is 5.69 Å². The number of anilines is 1. The smallest absolute Gasteiger partial charge is 0.328 e. The van der Waals surface area contributed by atoms with Gasteiger partial charge in [-0.3, -0.25) is 4.79 Å². The number of nitrogens with one attached hydrogen (secondary N) is 1. The van der Waals surface area contributed by atoms with E-state index in [0.29, 0.717) is 29.9 Å². The van der Waals surface area contributed by atoms with Crippen molar-refractivity contribution in [1.82, 2.24) is 10.3 Å². The van der Waals surface area contributed by atoms with Crippen LogP contribution in [0, 0.1) is 0 Å². The van der Waals surface area contributed by atoms with E-state index in [-0.39, 0.29) is 30.3 Å². The number of para-hydroxylation sites is 1. The summed E-state index contributed by atoms with van der Waals surface area (Å²) in [6, 6.07) is 26.9. The standard InChI is InChI=1S/C31H31N3O3.ClH/c1-3-24(21-13-6-4-7-14-21)33-30(35)27-23-17-10-11-18-25(23)32-28(22-15-8-5-9-16-22)29(27)34-20-12-19-26(34)31(36)37-2;/h4-11,13-18,24,26H,3,12,19-20H2,1-2H3,(H,33,35);1H/t24-,26-;/m0./s1. The van der Waals surface area contributed by atoms with Crippen molar-refractivity contribution in [1.29, 1.82) is 0 Å². The zero-order valence-electron chi connectivity index (χ0n) is 21.6. The summed E-state index contributed by atoms with van der Waals surface area (Å²) >= 11 is 0. The second kappa shape index (κ2) is 12.1. The first-order chi connectivity index (χ1) is 18.1. The Labute approximate surface area is 229 Å². The van der Waals surface area contributed by atoms with E-state index in [0.717, 1.165) is 34.9 Å². The Morgan fingerprint density at radius 1 is 1.00 bits per heavy atom. The van der Waals surface area contributed by atoms with Crippen LogP contribution in [0.1, 0.15) is 48.1 Å². The molecule has 0 unspecified atom stereocenters. The molecule has 38 heavy (non-hydrogen) atoms. The Morgan fingerprint density at radius 2 is 1.66 bits per heavy atom. The third-order valence-electron chi connectivity index (χ3n) is 7.07. The topological polar surface area (TPSA) is 71.5 Å². The van der Waals surface area contributed by atoms with Crippen LogP contribution in [0.5, 0.6) is 0 Å². The normalized spacial score (nSPS) is 15.5. The Balaban J connectivity index is 0.00000336. The number of hydrogen-bond donors (Lipinski definition) is 1. The number of amides is 1. The van der Waals surface area contributed by atoms with Gasteiger partial charge in [-0.1, -0.05) is 85.8 Å². The van der Waals surface area contributed by atoms with E-state index in [2.05, 4.69) is 12.2 Å². The number of ether oxygens (including phenoxy) is 1. The van der Waals surface area contributed by atoms with Gasteiger partial charge < -0.3 is 15.0 Å². The average molecular weight is 530 g/mol. The summed E-state index contributed by atoms with van der Waals surface area (Å²) in [5, 5.41) is 4.04. The van der Waals surface area contributed by atoms with Crippen LogP contribution in [-0.4, -0.2) is 36.6 Å². The summed E-state index contributed by atoms with van der Waals surface area (Å²) in [4.78, 5) is 34.1. The summed E-state index contributed by atoms with van der Waals surface area (Å²) < 4.78 is 5.16. The summed E-state index contributed by atoms with van der Waals surface area (Å²) in [6.45, 7) is 2.70. The molecule has 6 nitrogen and oxygen atoms in total. The molecule has 1 amide bonds. The molecule has 2 heterocycles. The number of benzene rings is 3. The summed E-state index contributed by atoms with van der Waals surface area (Å²) in [5.41, 5.74) is 4.58. The summed E-state index contributed by atoms with van der Waals surface area (Å²) in [6.07, 6.45) is 2.23. The number of aromatic nitrogens is 1. The minimum Gasteiger partial charge on any atom is -0.467 e. The van der Waals surface area contributed by atoms with Crippen molar-refractivity contribution in [3.63, 3.8) is 0 Å². The second-order valence-electron chi connectivity index (χ2n) is 9.29. The highest BCUT2D eigenvalue weighted by atomic mass is 35.5. The molecule has 1 saturated heterocycles. The molecule has 3 aromatic carbocycles. The molecule has 4 aromatic rings. The van der Waals surface area contributed by atoms with Gasteiger partial charge in [-0.2, -0.15) is 0 Å². The number of fused-ring (bicyclic) bond motifs is 1. The first-order valence-corrected chi connectivity index (χ1v) is 12.8. The number of carbonyl (C=O) groups excluding carboxylic acids is 2. The van der Waals surface area contributed by atoms with E-state index < -0.39 is 6.04 Å². The molecule has 0 aliphatic carbocycles. The predicted molar refractivity (Wildman–Crippen MR) is 154 cm³/mol. The van der Waals surface area contributed by atoms with Gasteiger partial charge in [0.1, 0.15) is 6.04 Å². The van der Waals surface area contributed by atoms with E-state index in [4.69, 9.17) is 9.72 Å². The SMILES string of the molecule is CC[C@H](NC(=O)c1c(N2CCC[C@H]2C(=O)OC)c(-c2ccccc2)nc2ccccc12)c1ccccc1.Cl. The molecule has 0 spiro atoms. The first kappa shape index (κ1) is 27.1. The van der Waals surface area contributed by atoms with E-state index in [1.807, 2.05) is 89.8 Å². The summed E-state index contributed by atoms with van der Waals surface area (Å²) in [7, 11) is 1.41. The van der Waals surface area contributed by atoms with Crippen molar-refractivity contribution < 1.29 is 14.3 Å². The van der Waals surface area contributed by atoms with Gasteiger partial charge in [0, 0.05) is 17.5 Å². The average Bonchev–Trinajstić information content (AvgIpc) is 3.45. The third kappa shape index (κ3) is 5.22. The molecule has 0 bridgehead atoms. The fourth-order valence-electron chi connectivity index (χ4n) is 5.26. The number of hydrogen-bond acceptors (Lipinski definition) is 5. The van der Waals surface area contributed by atoms with Gasteiger partial charge in [0.25, 0.3) is 5.91 Å². The number of esters is 1. The Bertz CT molecular complexity index is 1410. The minimum atomic E-state index is -0.474. The molecule has 196 valence electrons. The molecule has 0 radical (unpaired) electrons. The van der Waals surface area contributed by atoms with Gasteiger partial charge in [0.15, 0.2) is 0 Å². The van der Waals surface area contributed by atoms with Crippen LogP contribution in [0.3, 0.4) is 0 Å². The van der Waals surface area contributed by atoms with Gasteiger partial charge in [0.05, 0.1) is 35.6 Å². The Morgan fingerprint density at radius 3 is 2.34 bits per heavy atom. The molecule has 1 N–H and O–H groups in total. The highest BCUT2D eigenvalue weighted by molar-refractivity contribution is 6.14. The number of rotatable bonds is 7. The lowest BCUT2D eigenvalue weighted by molar-refractivity contribution is -0.141.